The molecule has 1 saturated heterocycles. The number of halogens is 2. The van der Waals surface area contributed by atoms with E-state index in [0.717, 1.165) is 6.07 Å². The molecule has 1 aliphatic rings. The first-order valence-electron chi connectivity index (χ1n) is 5.05. The molecule has 2 rings (SSSR count). The van der Waals surface area contributed by atoms with E-state index in [0.29, 0.717) is 0 Å². The van der Waals surface area contributed by atoms with Gasteiger partial charge < -0.3 is 10.2 Å². The van der Waals surface area contributed by atoms with Crippen molar-refractivity contribution in [1.82, 2.24) is 10.2 Å². The van der Waals surface area contributed by atoms with Gasteiger partial charge in [0.1, 0.15) is 0 Å². The van der Waals surface area contributed by atoms with Crippen LogP contribution in [0.5, 0.6) is 0 Å². The maximum atomic E-state index is 13.4. The predicted molar refractivity (Wildman–Crippen MR) is 54.8 cm³/mol. The molecule has 1 aromatic carbocycles. The van der Waals surface area contributed by atoms with Crippen LogP contribution in [-0.4, -0.2) is 29.8 Å². The Bertz CT molecular complexity index is 477. The van der Waals surface area contributed by atoms with Gasteiger partial charge in [0.2, 0.25) is 11.8 Å². The van der Waals surface area contributed by atoms with Gasteiger partial charge >= 0.3 is 0 Å². The highest BCUT2D eigenvalue weighted by Gasteiger charge is 2.24. The van der Waals surface area contributed by atoms with Crippen molar-refractivity contribution in [3.8, 4) is 0 Å². The number of rotatable bonds is 2. The monoisotopic (exact) mass is 240 g/mol. The van der Waals surface area contributed by atoms with E-state index in [-0.39, 0.29) is 37.0 Å². The number of nitrogens with one attached hydrogen (secondary N) is 1. The van der Waals surface area contributed by atoms with E-state index in [1.807, 2.05) is 0 Å². The van der Waals surface area contributed by atoms with E-state index in [2.05, 4.69) is 5.32 Å². The maximum absolute atomic E-state index is 13.4. The summed E-state index contributed by atoms with van der Waals surface area (Å²) >= 11 is 0. The van der Waals surface area contributed by atoms with Gasteiger partial charge in [-0.1, -0.05) is 12.1 Å². The van der Waals surface area contributed by atoms with Gasteiger partial charge in [0, 0.05) is 12.1 Å². The Labute approximate surface area is 96.2 Å². The van der Waals surface area contributed by atoms with E-state index in [9.17, 15) is 18.4 Å². The fourth-order valence-corrected chi connectivity index (χ4v) is 1.62. The van der Waals surface area contributed by atoms with Crippen LogP contribution in [0, 0.1) is 11.6 Å². The van der Waals surface area contributed by atoms with Crippen LogP contribution in [-0.2, 0) is 16.1 Å². The fraction of sp³-hybridized carbons (Fsp3) is 0.273. The fourth-order valence-electron chi connectivity index (χ4n) is 1.62. The lowest BCUT2D eigenvalue weighted by Crippen LogP contribution is -2.51. The number of nitrogens with zero attached hydrogens (tertiary/aromatic N) is 1. The summed E-state index contributed by atoms with van der Waals surface area (Å²) in [5.74, 6) is -2.56. The Hall–Kier alpha value is -1.98. The molecule has 2 amide bonds. The molecule has 4 nitrogen and oxygen atoms in total. The van der Waals surface area contributed by atoms with E-state index < -0.39 is 11.6 Å². The number of carbonyl (C=O) groups excluding carboxylic acids is 2. The first kappa shape index (κ1) is 11.5. The number of hydrogen-bond donors (Lipinski definition) is 1. The van der Waals surface area contributed by atoms with Crippen LogP contribution in [0.4, 0.5) is 8.78 Å². The molecular formula is C11H10F2N2O2. The SMILES string of the molecule is O=C1CN(Cc2cccc(F)c2F)C(=O)CN1. The molecule has 17 heavy (non-hydrogen) atoms. The summed E-state index contributed by atoms with van der Waals surface area (Å²) in [7, 11) is 0. The minimum atomic E-state index is -0.980. The lowest BCUT2D eigenvalue weighted by atomic mass is 10.2. The largest absolute Gasteiger partial charge is 0.345 e. The molecule has 0 radical (unpaired) electrons. The summed E-state index contributed by atoms with van der Waals surface area (Å²) < 4.78 is 26.3. The lowest BCUT2D eigenvalue weighted by Gasteiger charge is -2.26. The Morgan fingerprint density at radius 2 is 2.06 bits per heavy atom. The molecule has 1 aromatic rings. The molecule has 6 heteroatoms. The standard InChI is InChI=1S/C11H10F2N2O2/c12-8-3-1-2-7(11(8)13)5-15-6-9(16)14-4-10(15)17/h1-3H,4-6H2,(H,14,16). The normalized spacial score (nSPS) is 16.0. The Kier molecular flexibility index (Phi) is 3.03. The molecule has 0 aromatic heterocycles. The van der Waals surface area contributed by atoms with Crippen LogP contribution in [0.1, 0.15) is 5.56 Å². The summed E-state index contributed by atoms with van der Waals surface area (Å²) in [5.41, 5.74) is 0.0630. The number of hydrogen-bond acceptors (Lipinski definition) is 2. The second-order valence-electron chi connectivity index (χ2n) is 3.74. The molecule has 0 saturated carbocycles. The highest BCUT2D eigenvalue weighted by atomic mass is 19.2. The summed E-state index contributed by atoms with van der Waals surface area (Å²) in [5, 5.41) is 2.38. The number of piperazine rings is 1. The average Bonchev–Trinajstić information content (AvgIpc) is 2.30. The third-order valence-corrected chi connectivity index (χ3v) is 2.52. The highest BCUT2D eigenvalue weighted by molar-refractivity contribution is 5.92. The first-order valence-corrected chi connectivity index (χ1v) is 5.05. The van der Waals surface area contributed by atoms with Gasteiger partial charge in [0.25, 0.3) is 0 Å². The minimum absolute atomic E-state index is 0.0630. The van der Waals surface area contributed by atoms with Crippen molar-refractivity contribution in [3.63, 3.8) is 0 Å². The van der Waals surface area contributed by atoms with Crippen LogP contribution in [0.2, 0.25) is 0 Å². The molecule has 0 unspecified atom stereocenters. The molecule has 0 aliphatic carbocycles. The Balaban J connectivity index is 2.17. The maximum Gasteiger partial charge on any atom is 0.242 e. The third-order valence-electron chi connectivity index (χ3n) is 2.52. The van der Waals surface area contributed by atoms with Crippen molar-refractivity contribution in [2.75, 3.05) is 13.1 Å². The van der Waals surface area contributed by atoms with E-state index in [4.69, 9.17) is 0 Å². The molecule has 1 fully saturated rings. The zero-order valence-electron chi connectivity index (χ0n) is 8.87. The topological polar surface area (TPSA) is 49.4 Å². The Morgan fingerprint density at radius 1 is 1.29 bits per heavy atom. The molecule has 1 N–H and O–H groups in total. The molecule has 1 heterocycles. The van der Waals surface area contributed by atoms with Gasteiger partial charge in [-0.05, 0) is 6.07 Å². The second kappa shape index (κ2) is 4.48. The Morgan fingerprint density at radius 3 is 2.82 bits per heavy atom. The van der Waals surface area contributed by atoms with Crippen molar-refractivity contribution < 1.29 is 18.4 Å². The average molecular weight is 240 g/mol. The molecule has 0 spiro atoms. The molecular weight excluding hydrogens is 230 g/mol. The zero-order chi connectivity index (χ0) is 12.4. The van der Waals surface area contributed by atoms with Crippen LogP contribution < -0.4 is 5.32 Å². The third kappa shape index (κ3) is 2.41. The van der Waals surface area contributed by atoms with Crippen molar-refractivity contribution in [1.29, 1.82) is 0 Å². The van der Waals surface area contributed by atoms with Gasteiger partial charge in [-0.15, -0.1) is 0 Å². The minimum Gasteiger partial charge on any atom is -0.345 e. The van der Waals surface area contributed by atoms with Gasteiger partial charge in [-0.2, -0.15) is 0 Å². The van der Waals surface area contributed by atoms with Gasteiger partial charge in [-0.3, -0.25) is 9.59 Å². The van der Waals surface area contributed by atoms with Gasteiger partial charge in [0.05, 0.1) is 13.1 Å². The zero-order valence-corrected chi connectivity index (χ0v) is 8.87. The van der Waals surface area contributed by atoms with E-state index in [1.165, 1.54) is 17.0 Å². The molecule has 0 atom stereocenters. The number of benzene rings is 1. The summed E-state index contributed by atoms with van der Waals surface area (Å²) in [6.07, 6.45) is 0. The smallest absolute Gasteiger partial charge is 0.242 e. The second-order valence-corrected chi connectivity index (χ2v) is 3.74. The van der Waals surface area contributed by atoms with Crippen molar-refractivity contribution in [3.05, 3.63) is 35.4 Å². The van der Waals surface area contributed by atoms with E-state index in [1.54, 1.807) is 0 Å². The number of carbonyl (C=O) groups is 2. The molecule has 1 aliphatic heterocycles. The number of amides is 2. The summed E-state index contributed by atoms with van der Waals surface area (Å²) in [6.45, 7) is -0.333. The van der Waals surface area contributed by atoms with Crippen LogP contribution in [0.3, 0.4) is 0 Å². The lowest BCUT2D eigenvalue weighted by molar-refractivity contribution is -0.141. The van der Waals surface area contributed by atoms with Gasteiger partial charge in [-0.25, -0.2) is 8.78 Å². The highest BCUT2D eigenvalue weighted by Crippen LogP contribution is 2.14. The molecule has 0 bridgehead atoms. The van der Waals surface area contributed by atoms with Crippen LogP contribution in [0.15, 0.2) is 18.2 Å². The van der Waals surface area contributed by atoms with Crippen molar-refractivity contribution in [2.45, 2.75) is 6.54 Å². The summed E-state index contributed by atoms with van der Waals surface area (Å²) in [4.78, 5) is 23.7. The molecule has 90 valence electrons. The predicted octanol–water partition coefficient (Wildman–Crippen LogP) is 0.423. The van der Waals surface area contributed by atoms with E-state index >= 15 is 0 Å². The summed E-state index contributed by atoms with van der Waals surface area (Å²) in [6, 6.07) is 3.75. The van der Waals surface area contributed by atoms with Crippen LogP contribution >= 0.6 is 0 Å². The first-order chi connectivity index (χ1) is 8.08. The van der Waals surface area contributed by atoms with Crippen molar-refractivity contribution in [2.24, 2.45) is 0 Å². The van der Waals surface area contributed by atoms with Gasteiger partial charge in [0.15, 0.2) is 11.6 Å². The van der Waals surface area contributed by atoms with Crippen LogP contribution in [0.25, 0.3) is 0 Å². The quantitative estimate of drug-likeness (QED) is 0.814. The van der Waals surface area contributed by atoms with Crippen molar-refractivity contribution >= 4 is 11.8 Å².